The lowest BCUT2D eigenvalue weighted by molar-refractivity contribution is -0.141. The van der Waals surface area contributed by atoms with Gasteiger partial charge in [-0.3, -0.25) is 4.79 Å². The minimum atomic E-state index is 0.375. The van der Waals surface area contributed by atoms with Crippen molar-refractivity contribution < 1.29 is 4.79 Å². The molecule has 4 aliphatic rings. The highest BCUT2D eigenvalue weighted by atomic mass is 16.2. The van der Waals surface area contributed by atoms with E-state index in [-0.39, 0.29) is 0 Å². The molecule has 0 unspecified atom stereocenters. The maximum Gasteiger partial charge on any atom is 0.222 e. The maximum atomic E-state index is 12.4. The highest BCUT2D eigenvalue weighted by molar-refractivity contribution is 5.76. The molecule has 20 heavy (non-hydrogen) atoms. The van der Waals surface area contributed by atoms with Gasteiger partial charge < -0.3 is 10.6 Å². The molecule has 0 aromatic rings. The van der Waals surface area contributed by atoms with Crippen LogP contribution >= 0.6 is 0 Å². The number of hydrogen-bond acceptors (Lipinski definition) is 2. The van der Waals surface area contributed by atoms with Gasteiger partial charge in [0.05, 0.1) is 0 Å². The Kier molecular flexibility index (Phi) is 4.34. The Morgan fingerprint density at radius 1 is 1.00 bits per heavy atom. The van der Waals surface area contributed by atoms with E-state index < -0.39 is 0 Å². The van der Waals surface area contributed by atoms with Crippen LogP contribution in [0.1, 0.15) is 57.8 Å². The zero-order valence-corrected chi connectivity index (χ0v) is 12.9. The van der Waals surface area contributed by atoms with Crippen molar-refractivity contribution in [1.29, 1.82) is 0 Å². The topological polar surface area (TPSA) is 46.3 Å². The van der Waals surface area contributed by atoms with Crippen LogP contribution in [0.15, 0.2) is 0 Å². The first kappa shape index (κ1) is 14.4. The van der Waals surface area contributed by atoms with Crippen molar-refractivity contribution in [2.24, 2.45) is 29.4 Å². The van der Waals surface area contributed by atoms with Crippen LogP contribution in [-0.4, -0.2) is 30.4 Å². The van der Waals surface area contributed by atoms with Gasteiger partial charge in [-0.1, -0.05) is 6.42 Å². The van der Waals surface area contributed by atoms with Crippen LogP contribution in [0.2, 0.25) is 0 Å². The monoisotopic (exact) mass is 278 g/mol. The molecule has 0 spiro atoms. The number of carbonyl (C=O) groups is 1. The summed E-state index contributed by atoms with van der Waals surface area (Å²) < 4.78 is 0. The van der Waals surface area contributed by atoms with Crippen LogP contribution in [0.5, 0.6) is 0 Å². The van der Waals surface area contributed by atoms with Gasteiger partial charge >= 0.3 is 0 Å². The molecule has 4 rings (SSSR count). The number of rotatable bonds is 6. The SMILES string of the molecule is CN(C(=O)CCCCCN)C1C2CC3CC(C2)CC1C3. The van der Waals surface area contributed by atoms with Gasteiger partial charge in [0.25, 0.3) is 0 Å². The second-order valence-electron chi connectivity index (χ2n) is 7.53. The Bertz CT molecular complexity index is 327. The Balaban J connectivity index is 1.54. The van der Waals surface area contributed by atoms with Gasteiger partial charge in [0, 0.05) is 19.5 Å². The Hall–Kier alpha value is -0.570. The minimum Gasteiger partial charge on any atom is -0.342 e. The lowest BCUT2D eigenvalue weighted by Crippen LogP contribution is -2.56. The molecule has 4 fully saturated rings. The zero-order valence-electron chi connectivity index (χ0n) is 12.9. The van der Waals surface area contributed by atoms with E-state index in [2.05, 4.69) is 11.9 Å². The van der Waals surface area contributed by atoms with E-state index in [1.54, 1.807) is 0 Å². The molecular formula is C17H30N2O. The van der Waals surface area contributed by atoms with Crippen LogP contribution in [0, 0.1) is 23.7 Å². The third-order valence-corrected chi connectivity index (χ3v) is 6.11. The van der Waals surface area contributed by atoms with Crippen molar-refractivity contribution in [3.63, 3.8) is 0 Å². The quantitative estimate of drug-likeness (QED) is 0.759. The van der Waals surface area contributed by atoms with Gasteiger partial charge in [0.2, 0.25) is 5.91 Å². The molecule has 0 saturated heterocycles. The molecule has 0 aromatic heterocycles. The van der Waals surface area contributed by atoms with Gasteiger partial charge in [-0.2, -0.15) is 0 Å². The Morgan fingerprint density at radius 2 is 1.60 bits per heavy atom. The van der Waals surface area contributed by atoms with E-state index in [9.17, 15) is 4.79 Å². The second kappa shape index (κ2) is 6.05. The van der Waals surface area contributed by atoms with E-state index in [4.69, 9.17) is 5.73 Å². The number of nitrogens with zero attached hydrogens (tertiary/aromatic N) is 1. The summed E-state index contributed by atoms with van der Waals surface area (Å²) in [6, 6.07) is 0.560. The summed E-state index contributed by atoms with van der Waals surface area (Å²) >= 11 is 0. The number of amides is 1. The van der Waals surface area contributed by atoms with Gasteiger partial charge in [0.1, 0.15) is 0 Å². The molecule has 0 heterocycles. The predicted molar refractivity (Wildman–Crippen MR) is 81.1 cm³/mol. The maximum absolute atomic E-state index is 12.4. The molecule has 114 valence electrons. The van der Waals surface area contributed by atoms with Crippen molar-refractivity contribution >= 4 is 5.91 Å². The van der Waals surface area contributed by atoms with E-state index in [1.165, 1.54) is 32.1 Å². The molecule has 3 heteroatoms. The smallest absolute Gasteiger partial charge is 0.222 e. The van der Waals surface area contributed by atoms with Crippen molar-refractivity contribution in [3.8, 4) is 0 Å². The van der Waals surface area contributed by atoms with E-state index in [1.807, 2.05) is 0 Å². The molecule has 3 nitrogen and oxygen atoms in total. The van der Waals surface area contributed by atoms with E-state index in [0.717, 1.165) is 55.9 Å². The fourth-order valence-corrected chi connectivity index (χ4v) is 5.47. The third-order valence-electron chi connectivity index (χ3n) is 6.11. The average Bonchev–Trinajstić information content (AvgIpc) is 2.42. The molecule has 0 radical (unpaired) electrons. The lowest BCUT2D eigenvalue weighted by Gasteiger charge is -2.56. The molecular weight excluding hydrogens is 248 g/mol. The largest absolute Gasteiger partial charge is 0.342 e. The Labute approximate surface area is 123 Å². The minimum absolute atomic E-state index is 0.375. The molecule has 4 bridgehead atoms. The summed E-state index contributed by atoms with van der Waals surface area (Å²) in [7, 11) is 2.07. The molecule has 0 aromatic carbocycles. The van der Waals surface area contributed by atoms with Gasteiger partial charge in [0.15, 0.2) is 0 Å². The van der Waals surface area contributed by atoms with E-state index >= 15 is 0 Å². The molecule has 0 atom stereocenters. The number of unbranched alkanes of at least 4 members (excludes halogenated alkanes) is 2. The first-order valence-corrected chi connectivity index (χ1v) is 8.64. The first-order chi connectivity index (χ1) is 9.69. The fourth-order valence-electron chi connectivity index (χ4n) is 5.47. The van der Waals surface area contributed by atoms with Crippen LogP contribution in [0.3, 0.4) is 0 Å². The van der Waals surface area contributed by atoms with Crippen molar-refractivity contribution in [3.05, 3.63) is 0 Å². The fraction of sp³-hybridized carbons (Fsp3) is 0.941. The second-order valence-corrected chi connectivity index (χ2v) is 7.53. The highest BCUT2D eigenvalue weighted by Gasteiger charge is 2.50. The molecule has 1 amide bonds. The van der Waals surface area contributed by atoms with Crippen LogP contribution in [0.25, 0.3) is 0 Å². The van der Waals surface area contributed by atoms with Crippen LogP contribution in [-0.2, 0) is 4.79 Å². The van der Waals surface area contributed by atoms with Crippen LogP contribution < -0.4 is 5.73 Å². The highest BCUT2D eigenvalue weighted by Crippen LogP contribution is 2.54. The standard InChI is InChI=1S/C17H30N2O/c1-19(16(20)5-3-2-4-6-18)17-14-8-12-7-13(10-14)11-15(17)9-12/h12-15,17H,2-11,18H2,1H3. The summed E-state index contributed by atoms with van der Waals surface area (Å²) in [4.78, 5) is 14.6. The summed E-state index contributed by atoms with van der Waals surface area (Å²) in [5, 5.41) is 0. The Morgan fingerprint density at radius 3 is 2.15 bits per heavy atom. The lowest BCUT2D eigenvalue weighted by atomic mass is 9.54. The summed E-state index contributed by atoms with van der Waals surface area (Å²) in [5.41, 5.74) is 5.51. The first-order valence-electron chi connectivity index (χ1n) is 8.64. The van der Waals surface area contributed by atoms with E-state index in [0.29, 0.717) is 11.9 Å². The summed E-state index contributed by atoms with van der Waals surface area (Å²) in [5.74, 6) is 3.97. The van der Waals surface area contributed by atoms with Crippen molar-refractivity contribution in [1.82, 2.24) is 4.90 Å². The van der Waals surface area contributed by atoms with Gasteiger partial charge in [-0.05, 0) is 75.2 Å². The number of carbonyl (C=O) groups excluding carboxylic acids is 1. The predicted octanol–water partition coefficient (Wildman–Crippen LogP) is 2.79. The van der Waals surface area contributed by atoms with Gasteiger partial charge in [-0.15, -0.1) is 0 Å². The van der Waals surface area contributed by atoms with Crippen LogP contribution in [0.4, 0.5) is 0 Å². The molecule has 4 aliphatic carbocycles. The normalized spacial score (nSPS) is 38.2. The van der Waals surface area contributed by atoms with Crippen molar-refractivity contribution in [2.45, 2.75) is 63.8 Å². The van der Waals surface area contributed by atoms with Gasteiger partial charge in [-0.25, -0.2) is 0 Å². The number of nitrogens with two attached hydrogens (primary N) is 1. The average molecular weight is 278 g/mol. The summed E-state index contributed by atoms with van der Waals surface area (Å²) in [6.07, 6.45) is 10.9. The third kappa shape index (κ3) is 2.74. The zero-order chi connectivity index (χ0) is 14.1. The van der Waals surface area contributed by atoms with Crippen molar-refractivity contribution in [2.75, 3.05) is 13.6 Å². The molecule has 2 N–H and O–H groups in total. The molecule has 4 saturated carbocycles. The number of hydrogen-bond donors (Lipinski definition) is 1. The summed E-state index contributed by atoms with van der Waals surface area (Å²) in [6.45, 7) is 0.750. The molecule has 0 aliphatic heterocycles.